The molecule has 5 aliphatic rings. The molecule has 7 rings (SSSR count). The predicted octanol–water partition coefficient (Wildman–Crippen LogP) is 5.34. The first-order valence-corrected chi connectivity index (χ1v) is 16.1. The number of amides is 1. The van der Waals surface area contributed by atoms with Crippen molar-refractivity contribution in [3.8, 4) is 12.1 Å². The maximum absolute atomic E-state index is 17.1. The van der Waals surface area contributed by atoms with Crippen molar-refractivity contribution < 1.29 is 22.7 Å². The molecule has 12 heteroatoms. The standard InChI is InChI=1S/C33H36ClF3N6O2/c1-19(35)30(44)42-15-14-41(17-21(42)8-12-38)29-23-7-10-33(9-6-22-24(33)4-3-5-25(22)34)28(37)27(23)39-31(40-29)45-18-32-11-13-43(32)20(2)26(36)16-32/h3-5,20-21,26,28H,1,6-11,13-18H2,2H3/t20-,21-,26+,28-,32-,33+/m0/s1. The molecule has 2 aromatic rings. The van der Waals surface area contributed by atoms with Crippen LogP contribution in [0, 0.1) is 11.3 Å². The van der Waals surface area contributed by atoms with Crippen molar-refractivity contribution in [1.29, 1.82) is 5.26 Å². The Morgan fingerprint density at radius 1 is 1.18 bits per heavy atom. The molecular weight excluding hydrogens is 605 g/mol. The van der Waals surface area contributed by atoms with E-state index in [-0.39, 0.29) is 43.9 Å². The Morgan fingerprint density at radius 2 is 1.96 bits per heavy atom. The van der Waals surface area contributed by atoms with Crippen LogP contribution in [0.5, 0.6) is 6.01 Å². The van der Waals surface area contributed by atoms with Crippen LogP contribution in [0.1, 0.15) is 67.6 Å². The molecule has 1 spiro atoms. The van der Waals surface area contributed by atoms with Gasteiger partial charge in [0, 0.05) is 54.6 Å². The van der Waals surface area contributed by atoms with Crippen LogP contribution in [0.25, 0.3) is 0 Å². The first-order valence-electron chi connectivity index (χ1n) is 15.7. The minimum Gasteiger partial charge on any atom is -0.461 e. The van der Waals surface area contributed by atoms with Crippen molar-refractivity contribution in [2.24, 2.45) is 0 Å². The van der Waals surface area contributed by atoms with Gasteiger partial charge in [-0.25, -0.2) is 13.2 Å². The van der Waals surface area contributed by atoms with Crippen molar-refractivity contribution >= 4 is 23.3 Å². The quantitative estimate of drug-likeness (QED) is 0.394. The lowest BCUT2D eigenvalue weighted by Gasteiger charge is -2.49. The number of aromatic nitrogens is 2. The van der Waals surface area contributed by atoms with E-state index in [9.17, 15) is 18.8 Å². The molecule has 2 aliphatic carbocycles. The Balaban J connectivity index is 1.25. The van der Waals surface area contributed by atoms with Crippen LogP contribution in [0.15, 0.2) is 30.6 Å². The number of hydrogen-bond donors (Lipinski definition) is 0. The van der Waals surface area contributed by atoms with Gasteiger partial charge in [-0.15, -0.1) is 0 Å². The van der Waals surface area contributed by atoms with Gasteiger partial charge in [-0.2, -0.15) is 15.2 Å². The molecule has 0 N–H and O–H groups in total. The molecule has 0 radical (unpaired) electrons. The van der Waals surface area contributed by atoms with Gasteiger partial charge in [0.05, 0.1) is 29.8 Å². The summed E-state index contributed by atoms with van der Waals surface area (Å²) >= 11 is 6.53. The van der Waals surface area contributed by atoms with Crippen LogP contribution in [0.3, 0.4) is 0 Å². The molecule has 6 atom stereocenters. The first kappa shape index (κ1) is 30.3. The molecule has 0 unspecified atom stereocenters. The lowest BCUT2D eigenvalue weighted by Crippen LogP contribution is -2.61. The summed E-state index contributed by atoms with van der Waals surface area (Å²) in [6.45, 7) is 6.66. The third-order valence-corrected chi connectivity index (χ3v) is 11.5. The van der Waals surface area contributed by atoms with E-state index in [4.69, 9.17) is 26.3 Å². The molecule has 1 aromatic carbocycles. The highest BCUT2D eigenvalue weighted by Gasteiger charge is 2.57. The number of halogens is 4. The summed E-state index contributed by atoms with van der Waals surface area (Å²) in [6, 6.07) is 6.99. The normalized spacial score (nSPS) is 32.0. The maximum atomic E-state index is 17.1. The monoisotopic (exact) mass is 640 g/mol. The van der Waals surface area contributed by atoms with Crippen LogP contribution in [0.4, 0.5) is 19.0 Å². The number of carbonyl (C=O) groups is 1. The van der Waals surface area contributed by atoms with Crippen molar-refractivity contribution in [2.45, 2.75) is 87.3 Å². The van der Waals surface area contributed by atoms with Gasteiger partial charge in [0.15, 0.2) is 12.0 Å². The number of ether oxygens (including phenoxy) is 1. The van der Waals surface area contributed by atoms with E-state index >= 15 is 4.39 Å². The van der Waals surface area contributed by atoms with Gasteiger partial charge >= 0.3 is 6.01 Å². The van der Waals surface area contributed by atoms with E-state index in [1.54, 1.807) is 0 Å². The van der Waals surface area contributed by atoms with Crippen molar-refractivity contribution in [1.82, 2.24) is 19.8 Å². The van der Waals surface area contributed by atoms with Gasteiger partial charge < -0.3 is 14.5 Å². The Hall–Kier alpha value is -3.36. The number of piperazine rings is 1. The average Bonchev–Trinajstić information content (AvgIpc) is 3.47. The van der Waals surface area contributed by atoms with E-state index in [1.165, 1.54) is 4.90 Å². The second-order valence-corrected chi connectivity index (χ2v) is 13.7. The van der Waals surface area contributed by atoms with E-state index in [0.717, 1.165) is 24.1 Å². The van der Waals surface area contributed by atoms with E-state index < -0.39 is 41.1 Å². The van der Waals surface area contributed by atoms with Gasteiger partial charge in [0.25, 0.3) is 5.91 Å². The summed E-state index contributed by atoms with van der Waals surface area (Å²) in [4.78, 5) is 27.4. The SMILES string of the molecule is C=C(F)C(=O)N1CCN(c2nc(OC[C@@]34CCN3[C@@H](C)[C@H](F)C4)nc3c2CC[C@@]2(CCc4c(Cl)cccc42)[C@H]3F)C[C@@H]1CC#N. The Kier molecular flexibility index (Phi) is 7.52. The van der Waals surface area contributed by atoms with Crippen LogP contribution < -0.4 is 9.64 Å². The number of rotatable bonds is 6. The number of nitrogens with zero attached hydrogens (tertiary/aromatic N) is 6. The number of carbonyl (C=O) groups excluding carboxylic acids is 1. The zero-order chi connectivity index (χ0) is 31.7. The zero-order valence-electron chi connectivity index (χ0n) is 25.2. The fourth-order valence-corrected chi connectivity index (χ4v) is 8.84. The Labute approximate surface area is 265 Å². The highest BCUT2D eigenvalue weighted by Crippen LogP contribution is 2.57. The highest BCUT2D eigenvalue weighted by atomic mass is 35.5. The summed E-state index contributed by atoms with van der Waals surface area (Å²) in [5.41, 5.74) is 1.62. The number of fused-ring (bicyclic) bond motifs is 4. The molecule has 1 aromatic heterocycles. The number of benzene rings is 1. The molecule has 238 valence electrons. The second-order valence-electron chi connectivity index (χ2n) is 13.3. The van der Waals surface area contributed by atoms with Gasteiger partial charge in [0.1, 0.15) is 18.6 Å². The molecule has 3 fully saturated rings. The summed E-state index contributed by atoms with van der Waals surface area (Å²) in [5, 5.41) is 10.1. The summed E-state index contributed by atoms with van der Waals surface area (Å²) in [7, 11) is 0. The number of nitriles is 1. The smallest absolute Gasteiger partial charge is 0.318 e. The molecule has 3 saturated heterocycles. The third-order valence-electron chi connectivity index (χ3n) is 11.1. The summed E-state index contributed by atoms with van der Waals surface area (Å²) in [5.74, 6) is -1.42. The Morgan fingerprint density at radius 3 is 2.64 bits per heavy atom. The topological polar surface area (TPSA) is 85.6 Å². The lowest BCUT2D eigenvalue weighted by atomic mass is 9.68. The van der Waals surface area contributed by atoms with Gasteiger partial charge in [0.2, 0.25) is 0 Å². The van der Waals surface area contributed by atoms with E-state index in [2.05, 4.69) is 17.5 Å². The number of alkyl halides is 2. The first-order chi connectivity index (χ1) is 21.6. The molecular formula is C33H36ClF3N6O2. The van der Waals surface area contributed by atoms with Gasteiger partial charge in [-0.3, -0.25) is 9.69 Å². The van der Waals surface area contributed by atoms with Crippen molar-refractivity contribution in [2.75, 3.05) is 37.7 Å². The van der Waals surface area contributed by atoms with Gasteiger partial charge in [-0.05, 0) is 56.2 Å². The molecule has 1 amide bonds. The van der Waals surface area contributed by atoms with E-state index in [0.29, 0.717) is 55.1 Å². The average molecular weight is 641 g/mol. The summed E-state index contributed by atoms with van der Waals surface area (Å²) < 4.78 is 51.9. The van der Waals surface area contributed by atoms with Crippen LogP contribution in [0.2, 0.25) is 5.02 Å². The fraction of sp³-hybridized carbons (Fsp3) is 0.576. The van der Waals surface area contributed by atoms with Crippen molar-refractivity contribution in [3.63, 3.8) is 0 Å². The predicted molar refractivity (Wildman–Crippen MR) is 162 cm³/mol. The van der Waals surface area contributed by atoms with Crippen LogP contribution in [-0.2, 0) is 23.1 Å². The van der Waals surface area contributed by atoms with Crippen LogP contribution >= 0.6 is 11.6 Å². The number of anilines is 1. The molecule has 45 heavy (non-hydrogen) atoms. The molecule has 0 saturated carbocycles. The Bertz CT molecular complexity index is 1600. The van der Waals surface area contributed by atoms with E-state index in [1.807, 2.05) is 30.0 Å². The zero-order valence-corrected chi connectivity index (χ0v) is 26.0. The lowest BCUT2D eigenvalue weighted by molar-refractivity contribution is -0.131. The fourth-order valence-electron chi connectivity index (χ4n) is 8.57. The molecule has 4 heterocycles. The number of hydrogen-bond acceptors (Lipinski definition) is 7. The third kappa shape index (κ3) is 4.70. The molecule has 8 nitrogen and oxygen atoms in total. The van der Waals surface area contributed by atoms with Crippen LogP contribution in [-0.4, -0.2) is 82.3 Å². The van der Waals surface area contributed by atoms with Crippen molar-refractivity contribution in [3.05, 3.63) is 58.0 Å². The second kappa shape index (κ2) is 11.2. The molecule has 3 aliphatic heterocycles. The molecule has 0 bridgehead atoms. The minimum atomic E-state index is -1.45. The highest BCUT2D eigenvalue weighted by molar-refractivity contribution is 6.31. The minimum absolute atomic E-state index is 0.0144. The largest absolute Gasteiger partial charge is 0.461 e. The maximum Gasteiger partial charge on any atom is 0.318 e. The summed E-state index contributed by atoms with van der Waals surface area (Å²) in [6.07, 6.45) is 1.10. The van der Waals surface area contributed by atoms with Gasteiger partial charge in [-0.1, -0.05) is 30.3 Å².